The van der Waals surface area contributed by atoms with Crippen LogP contribution in [0.25, 0.3) is 0 Å². The molecule has 138 valence electrons. The van der Waals surface area contributed by atoms with E-state index in [1.807, 2.05) is 0 Å². The number of likely N-dealkylation sites (N-methyl/N-ethyl adjacent to an activating group) is 1. The second kappa shape index (κ2) is 9.02. The minimum absolute atomic E-state index is 0.282. The third-order valence-electron chi connectivity index (χ3n) is 3.81. The predicted molar refractivity (Wildman–Crippen MR) is 90.7 cm³/mol. The lowest BCUT2D eigenvalue weighted by atomic mass is 10.1. The Morgan fingerprint density at radius 3 is 2.33 bits per heavy atom. The molecule has 1 unspecified atom stereocenters. The van der Waals surface area contributed by atoms with Crippen molar-refractivity contribution in [2.24, 2.45) is 0 Å². The molecular weight excluding hydrogens is 332 g/mol. The molecule has 1 fully saturated rings. The highest BCUT2D eigenvalue weighted by Crippen LogP contribution is 2.12. The van der Waals surface area contributed by atoms with Gasteiger partial charge in [-0.05, 0) is 6.04 Å². The summed E-state index contributed by atoms with van der Waals surface area (Å²) in [6, 6.07) is -0.256. The highest BCUT2D eigenvalue weighted by Gasteiger charge is 2.34. The summed E-state index contributed by atoms with van der Waals surface area (Å²) in [6.45, 7) is 8.40. The molecule has 2 amide bonds. The van der Waals surface area contributed by atoms with Crippen LogP contribution in [0.4, 0.5) is 4.79 Å². The molecule has 0 aromatic rings. The first-order valence-corrected chi connectivity index (χ1v) is 11.8. The van der Waals surface area contributed by atoms with Gasteiger partial charge in [0.25, 0.3) is 0 Å². The van der Waals surface area contributed by atoms with Gasteiger partial charge in [-0.25, -0.2) is 4.79 Å². The Kier molecular flexibility index (Phi) is 7.68. The van der Waals surface area contributed by atoms with Crippen LogP contribution in [0.5, 0.6) is 0 Å². The molecule has 24 heavy (non-hydrogen) atoms. The molecule has 0 radical (unpaired) electrons. The Hall–Kier alpha value is -1.61. The number of amides is 2. The second-order valence-electron chi connectivity index (χ2n) is 7.09. The van der Waals surface area contributed by atoms with Crippen molar-refractivity contribution in [2.75, 3.05) is 40.0 Å². The van der Waals surface area contributed by atoms with Crippen molar-refractivity contribution in [3.8, 4) is 0 Å². The number of carbonyl (C=O) groups is 3. The third kappa shape index (κ3) is 6.87. The van der Waals surface area contributed by atoms with Crippen molar-refractivity contribution < 1.29 is 29.0 Å². The summed E-state index contributed by atoms with van der Waals surface area (Å²) in [5.41, 5.74) is 0. The molecule has 8 nitrogen and oxygen atoms in total. The fourth-order valence-electron chi connectivity index (χ4n) is 2.22. The van der Waals surface area contributed by atoms with E-state index in [1.54, 1.807) is 0 Å². The first-order chi connectivity index (χ1) is 11.1. The van der Waals surface area contributed by atoms with Crippen molar-refractivity contribution in [3.05, 3.63) is 0 Å². The monoisotopic (exact) mass is 360 g/mol. The fraction of sp³-hybridized carbons (Fsp3) is 0.800. The largest absolute Gasteiger partial charge is 0.481 e. The minimum atomic E-state index is -1.34. The number of hydrogen-bond donors (Lipinski definition) is 1. The molecule has 1 saturated heterocycles. The quantitative estimate of drug-likeness (QED) is 0.683. The average Bonchev–Trinajstić information content (AvgIpc) is 2.50. The Morgan fingerprint density at radius 2 is 1.83 bits per heavy atom. The summed E-state index contributed by atoms with van der Waals surface area (Å²) < 4.78 is 10.4. The SMILES string of the molecule is CN(C(=O)OCC[Si](C)(C)C)C(CC(=O)O)C(=O)N1CCOCC1. The van der Waals surface area contributed by atoms with E-state index in [2.05, 4.69) is 19.6 Å². The number of carboxylic acids is 1. The van der Waals surface area contributed by atoms with E-state index in [1.165, 1.54) is 11.9 Å². The summed E-state index contributed by atoms with van der Waals surface area (Å²) in [6.07, 6.45) is -1.11. The average molecular weight is 360 g/mol. The van der Waals surface area contributed by atoms with Crippen LogP contribution in [0.3, 0.4) is 0 Å². The standard InChI is InChI=1S/C15H28N2O6Si/c1-16(15(21)23-9-10-24(2,3)4)12(11-13(18)19)14(20)17-5-7-22-8-6-17/h12H,5-11H2,1-4H3,(H,18,19). The molecule has 9 heteroatoms. The molecular formula is C15H28N2O6Si. The zero-order valence-corrected chi connectivity index (χ0v) is 15.9. The van der Waals surface area contributed by atoms with Gasteiger partial charge in [0.1, 0.15) is 6.04 Å². The number of aliphatic carboxylic acids is 1. The van der Waals surface area contributed by atoms with Gasteiger partial charge in [0.2, 0.25) is 5.91 Å². The smallest absolute Gasteiger partial charge is 0.410 e. The molecule has 0 saturated carbocycles. The van der Waals surface area contributed by atoms with Crippen LogP contribution in [0.2, 0.25) is 25.7 Å². The van der Waals surface area contributed by atoms with Gasteiger partial charge in [-0.3, -0.25) is 14.5 Å². The molecule has 1 rings (SSSR count). The van der Waals surface area contributed by atoms with E-state index in [0.717, 1.165) is 10.9 Å². The van der Waals surface area contributed by atoms with E-state index in [9.17, 15) is 14.4 Å². The maximum Gasteiger partial charge on any atom is 0.410 e. The Morgan fingerprint density at radius 1 is 1.25 bits per heavy atom. The van der Waals surface area contributed by atoms with Gasteiger partial charge in [0.05, 0.1) is 26.2 Å². The van der Waals surface area contributed by atoms with Crippen molar-refractivity contribution >= 4 is 26.0 Å². The highest BCUT2D eigenvalue weighted by atomic mass is 28.3. The van der Waals surface area contributed by atoms with Gasteiger partial charge in [-0.2, -0.15) is 0 Å². The molecule has 1 atom stereocenters. The Balaban J connectivity index is 2.69. The number of rotatable bonds is 7. The molecule has 1 aliphatic heterocycles. The summed E-state index contributed by atoms with van der Waals surface area (Å²) in [5, 5.41) is 9.08. The van der Waals surface area contributed by atoms with Crippen molar-refractivity contribution in [2.45, 2.75) is 38.1 Å². The maximum absolute atomic E-state index is 12.6. The van der Waals surface area contributed by atoms with E-state index < -0.39 is 32.6 Å². The lowest BCUT2D eigenvalue weighted by molar-refractivity contribution is -0.147. The van der Waals surface area contributed by atoms with E-state index >= 15 is 0 Å². The Bertz CT molecular complexity index is 459. The van der Waals surface area contributed by atoms with Crippen molar-refractivity contribution in [1.82, 2.24) is 9.80 Å². The summed E-state index contributed by atoms with van der Waals surface area (Å²) in [4.78, 5) is 38.5. The van der Waals surface area contributed by atoms with Crippen LogP contribution in [0.15, 0.2) is 0 Å². The first-order valence-electron chi connectivity index (χ1n) is 8.10. The molecule has 0 aromatic heterocycles. The number of ether oxygens (including phenoxy) is 2. The number of nitrogens with zero attached hydrogens (tertiary/aromatic N) is 2. The topological polar surface area (TPSA) is 96.4 Å². The van der Waals surface area contributed by atoms with E-state index in [4.69, 9.17) is 14.6 Å². The predicted octanol–water partition coefficient (Wildman–Crippen LogP) is 1.10. The number of carbonyl (C=O) groups excluding carboxylic acids is 2. The van der Waals surface area contributed by atoms with Crippen LogP contribution in [0.1, 0.15) is 6.42 Å². The van der Waals surface area contributed by atoms with Crippen LogP contribution in [-0.2, 0) is 19.1 Å². The summed E-state index contributed by atoms with van der Waals surface area (Å²) in [5.74, 6) is -1.52. The molecule has 1 N–H and O–H groups in total. The normalized spacial score (nSPS) is 16.4. The first kappa shape index (κ1) is 20.4. The fourth-order valence-corrected chi connectivity index (χ4v) is 2.94. The van der Waals surface area contributed by atoms with Crippen LogP contribution in [0, 0.1) is 0 Å². The van der Waals surface area contributed by atoms with Gasteiger partial charge in [-0.1, -0.05) is 19.6 Å². The van der Waals surface area contributed by atoms with Gasteiger partial charge in [0, 0.05) is 28.2 Å². The lowest BCUT2D eigenvalue weighted by Crippen LogP contribution is -2.53. The number of morpholine rings is 1. The van der Waals surface area contributed by atoms with Gasteiger partial charge in [-0.15, -0.1) is 0 Å². The molecule has 0 aromatic carbocycles. The Labute approximate surface area is 143 Å². The molecule has 1 aliphatic rings. The van der Waals surface area contributed by atoms with E-state index in [-0.39, 0.29) is 12.5 Å². The van der Waals surface area contributed by atoms with Gasteiger partial charge >= 0.3 is 12.1 Å². The minimum Gasteiger partial charge on any atom is -0.481 e. The molecule has 1 heterocycles. The van der Waals surface area contributed by atoms with Crippen molar-refractivity contribution in [3.63, 3.8) is 0 Å². The maximum atomic E-state index is 12.6. The second-order valence-corrected chi connectivity index (χ2v) is 12.7. The summed E-state index contributed by atoms with van der Waals surface area (Å²) >= 11 is 0. The van der Waals surface area contributed by atoms with Gasteiger partial charge in [0.15, 0.2) is 0 Å². The molecule has 0 aliphatic carbocycles. The number of hydrogen-bond acceptors (Lipinski definition) is 5. The van der Waals surface area contributed by atoms with E-state index in [0.29, 0.717) is 26.3 Å². The lowest BCUT2D eigenvalue weighted by Gasteiger charge is -2.33. The van der Waals surface area contributed by atoms with Gasteiger partial charge < -0.3 is 19.5 Å². The molecule has 0 spiro atoms. The zero-order chi connectivity index (χ0) is 18.3. The number of carboxylic acid groups (broad SMARTS) is 1. The van der Waals surface area contributed by atoms with Crippen molar-refractivity contribution in [1.29, 1.82) is 0 Å². The summed E-state index contributed by atoms with van der Waals surface area (Å²) in [7, 11) is 0.0658. The van der Waals surface area contributed by atoms with Crippen LogP contribution >= 0.6 is 0 Å². The third-order valence-corrected chi connectivity index (χ3v) is 5.51. The molecule has 0 bridgehead atoms. The zero-order valence-electron chi connectivity index (χ0n) is 14.9. The van der Waals surface area contributed by atoms with Crippen LogP contribution in [-0.4, -0.2) is 86.9 Å². The highest BCUT2D eigenvalue weighted by molar-refractivity contribution is 6.76. The van der Waals surface area contributed by atoms with Crippen LogP contribution < -0.4 is 0 Å².